The number of carbonyl (C=O) groups is 1. The summed E-state index contributed by atoms with van der Waals surface area (Å²) in [5.74, 6) is 0. The first-order valence-electron chi connectivity index (χ1n) is 6.16. The molecule has 0 atom stereocenters. The van der Waals surface area contributed by atoms with Crippen molar-refractivity contribution in [1.82, 2.24) is 0 Å². The average molecular weight is 258 g/mol. The minimum Gasteiger partial charge on any atom is -0.305 e. The lowest BCUT2D eigenvalue weighted by atomic mass is 10.4. The topological polar surface area (TPSA) is 29.4 Å². The van der Waals surface area contributed by atoms with E-state index in [9.17, 15) is 4.79 Å². The molecule has 16 heavy (non-hydrogen) atoms. The normalized spacial score (nSPS) is 14.1. The van der Waals surface area contributed by atoms with Gasteiger partial charge in [0.25, 0.3) is 0 Å². The van der Waals surface area contributed by atoms with Gasteiger partial charge in [0.15, 0.2) is 0 Å². The van der Waals surface area contributed by atoms with Crippen LogP contribution < -0.4 is 0 Å². The molecule has 0 aliphatic rings. The van der Waals surface area contributed by atoms with E-state index in [2.05, 4.69) is 51.2 Å². The van der Waals surface area contributed by atoms with Gasteiger partial charge in [-0.15, -0.1) is 0 Å². The Hall–Kier alpha value is -0.226. The number of hydrogen-bond acceptors (Lipinski definition) is 2. The van der Waals surface area contributed by atoms with Crippen LogP contribution in [0.2, 0.25) is 39.3 Å². The largest absolute Gasteiger partial charge is 0.305 e. The van der Waals surface area contributed by atoms with Crippen LogP contribution in [-0.2, 0) is 4.79 Å². The molecule has 4 heteroatoms. The van der Waals surface area contributed by atoms with Gasteiger partial charge in [-0.05, 0) is 6.42 Å². The Bertz CT molecular complexity index is 272. The Kier molecular flexibility index (Phi) is 5.83. The first-order chi connectivity index (χ1) is 7.09. The molecule has 0 bridgehead atoms. The Morgan fingerprint density at radius 2 is 1.50 bits per heavy atom. The van der Waals surface area contributed by atoms with E-state index in [-0.39, 0.29) is 0 Å². The first kappa shape index (κ1) is 15.8. The maximum atomic E-state index is 12.1. The van der Waals surface area contributed by atoms with Crippen LogP contribution in [0.1, 0.15) is 19.8 Å². The third-order valence-corrected chi connectivity index (χ3v) is 6.47. The second kappa shape index (κ2) is 5.91. The van der Waals surface area contributed by atoms with Crippen LogP contribution in [0.25, 0.3) is 0 Å². The Morgan fingerprint density at radius 1 is 1.00 bits per heavy atom. The lowest BCUT2D eigenvalue weighted by Gasteiger charge is -2.22. The lowest BCUT2D eigenvalue weighted by Crippen LogP contribution is -2.41. The maximum Gasteiger partial charge on any atom is 0.124 e. The van der Waals surface area contributed by atoms with Crippen molar-refractivity contribution < 1.29 is 4.79 Å². The van der Waals surface area contributed by atoms with Gasteiger partial charge in [0.2, 0.25) is 0 Å². The van der Waals surface area contributed by atoms with Gasteiger partial charge in [0.1, 0.15) is 13.5 Å². The van der Waals surface area contributed by atoms with Crippen LogP contribution in [0.3, 0.4) is 0 Å². The van der Waals surface area contributed by atoms with Gasteiger partial charge in [0, 0.05) is 18.3 Å². The van der Waals surface area contributed by atoms with Gasteiger partial charge >= 0.3 is 0 Å². The van der Waals surface area contributed by atoms with E-state index in [1.165, 1.54) is 5.33 Å². The van der Waals surface area contributed by atoms with Crippen molar-refractivity contribution in [3.63, 3.8) is 0 Å². The van der Waals surface area contributed by atoms with E-state index in [0.717, 1.165) is 13.0 Å². The SMILES string of the molecule is CCCN=C(CC(=O)[Si](C)(C)C)[Si](C)(C)C. The molecule has 0 saturated heterocycles. The van der Waals surface area contributed by atoms with E-state index in [1.807, 2.05) is 0 Å². The van der Waals surface area contributed by atoms with Crippen molar-refractivity contribution in [2.24, 2.45) is 4.99 Å². The number of carbonyl (C=O) groups excluding carboxylic acids is 1. The van der Waals surface area contributed by atoms with Crippen molar-refractivity contribution in [2.75, 3.05) is 6.54 Å². The van der Waals surface area contributed by atoms with Crippen LogP contribution in [0, 0.1) is 0 Å². The molecule has 0 aromatic carbocycles. The minimum absolute atomic E-state index is 0.449. The maximum absolute atomic E-state index is 12.1. The smallest absolute Gasteiger partial charge is 0.124 e. The highest BCUT2D eigenvalue weighted by Gasteiger charge is 2.29. The predicted molar refractivity (Wildman–Crippen MR) is 78.9 cm³/mol. The summed E-state index contributed by atoms with van der Waals surface area (Å²) in [6, 6.07) is 0. The summed E-state index contributed by atoms with van der Waals surface area (Å²) in [6.07, 6.45) is 1.68. The highest BCUT2D eigenvalue weighted by Crippen LogP contribution is 2.13. The van der Waals surface area contributed by atoms with Crippen LogP contribution in [0.4, 0.5) is 0 Å². The zero-order valence-electron chi connectivity index (χ0n) is 12.0. The van der Waals surface area contributed by atoms with Crippen molar-refractivity contribution in [2.45, 2.75) is 59.0 Å². The van der Waals surface area contributed by atoms with E-state index in [0.29, 0.717) is 11.8 Å². The Morgan fingerprint density at radius 3 is 1.81 bits per heavy atom. The van der Waals surface area contributed by atoms with Gasteiger partial charge in [0.05, 0.1) is 8.07 Å². The van der Waals surface area contributed by atoms with Gasteiger partial charge in [-0.25, -0.2) is 0 Å². The molecule has 0 rings (SSSR count). The quantitative estimate of drug-likeness (QED) is 0.528. The molecule has 0 aliphatic carbocycles. The van der Waals surface area contributed by atoms with Gasteiger partial charge in [-0.3, -0.25) is 4.99 Å². The van der Waals surface area contributed by atoms with Gasteiger partial charge in [-0.1, -0.05) is 46.2 Å². The fourth-order valence-corrected chi connectivity index (χ4v) is 3.37. The van der Waals surface area contributed by atoms with Crippen LogP contribution in [0.15, 0.2) is 4.99 Å². The summed E-state index contributed by atoms with van der Waals surface area (Å²) in [6.45, 7) is 16.2. The van der Waals surface area contributed by atoms with Gasteiger partial charge in [-0.2, -0.15) is 0 Å². The summed E-state index contributed by atoms with van der Waals surface area (Å²) in [5.41, 5.74) is 0. The summed E-state index contributed by atoms with van der Waals surface area (Å²) in [7, 11) is -3.05. The van der Waals surface area contributed by atoms with E-state index < -0.39 is 16.1 Å². The fourth-order valence-electron chi connectivity index (χ4n) is 1.22. The highest BCUT2D eigenvalue weighted by atomic mass is 28.3. The molecule has 94 valence electrons. The highest BCUT2D eigenvalue weighted by molar-refractivity contribution is 7.09. The van der Waals surface area contributed by atoms with Crippen molar-refractivity contribution in [3.05, 3.63) is 0 Å². The summed E-state index contributed by atoms with van der Waals surface area (Å²) in [5, 5.41) is 1.66. The number of rotatable bonds is 6. The molecule has 0 unspecified atom stereocenters. The molecule has 0 N–H and O–H groups in total. The number of nitrogens with zero attached hydrogens (tertiary/aromatic N) is 1. The lowest BCUT2D eigenvalue weighted by molar-refractivity contribution is -0.111. The van der Waals surface area contributed by atoms with Gasteiger partial charge < -0.3 is 4.79 Å². The first-order valence-corrected chi connectivity index (χ1v) is 13.2. The number of hydrogen-bond donors (Lipinski definition) is 0. The molecule has 0 heterocycles. The molecule has 0 aromatic rings. The summed E-state index contributed by atoms with van der Waals surface area (Å²) >= 11 is 0. The second-order valence-electron chi connectivity index (χ2n) is 6.43. The van der Waals surface area contributed by atoms with Crippen LogP contribution >= 0.6 is 0 Å². The average Bonchev–Trinajstić information content (AvgIpc) is 2.08. The van der Waals surface area contributed by atoms with Crippen molar-refractivity contribution >= 4 is 26.9 Å². The molecular formula is C12H27NOSi2. The monoisotopic (exact) mass is 257 g/mol. The molecule has 0 radical (unpaired) electrons. The number of aliphatic imine (C=N–C) groups is 1. The molecule has 2 nitrogen and oxygen atoms in total. The Balaban J connectivity index is 4.77. The zero-order valence-corrected chi connectivity index (χ0v) is 14.0. The van der Waals surface area contributed by atoms with E-state index in [4.69, 9.17) is 0 Å². The molecule has 0 spiro atoms. The molecule has 0 aromatic heterocycles. The van der Waals surface area contributed by atoms with Crippen molar-refractivity contribution in [3.8, 4) is 0 Å². The fraction of sp³-hybridized carbons (Fsp3) is 0.833. The van der Waals surface area contributed by atoms with Crippen LogP contribution in [-0.4, -0.2) is 33.4 Å². The predicted octanol–water partition coefficient (Wildman–Crippen LogP) is 3.55. The standard InChI is InChI=1S/C12H27NOSi2/c1-8-9-13-11(15(2,3)4)10-12(14)16(5,6)7/h8-10H2,1-7H3. The molecule has 0 aliphatic heterocycles. The molecule has 0 fully saturated rings. The van der Waals surface area contributed by atoms with Crippen molar-refractivity contribution in [1.29, 1.82) is 0 Å². The summed E-state index contributed by atoms with van der Waals surface area (Å²) in [4.78, 5) is 16.7. The molecular weight excluding hydrogens is 230 g/mol. The third kappa shape index (κ3) is 5.75. The van der Waals surface area contributed by atoms with E-state index >= 15 is 0 Å². The zero-order chi connectivity index (χ0) is 13.0. The minimum atomic E-state index is -1.64. The van der Waals surface area contributed by atoms with E-state index in [1.54, 1.807) is 0 Å². The molecule has 0 amide bonds. The van der Waals surface area contributed by atoms with Crippen LogP contribution in [0.5, 0.6) is 0 Å². The Labute approximate surface area is 103 Å². The molecule has 0 saturated carbocycles. The third-order valence-electron chi connectivity index (χ3n) is 2.56. The second-order valence-corrected chi connectivity index (χ2v) is 16.6. The summed E-state index contributed by atoms with van der Waals surface area (Å²) < 4.78 is 0.